The molecular formula is C25H21N3O6S. The lowest BCUT2D eigenvalue weighted by atomic mass is 10.1. The van der Waals surface area contributed by atoms with Gasteiger partial charge in [0, 0.05) is 17.7 Å². The molecule has 178 valence electrons. The number of amides is 1. The second-order valence-corrected chi connectivity index (χ2v) is 7.80. The van der Waals surface area contributed by atoms with E-state index in [4.69, 9.17) is 26.4 Å². The lowest BCUT2D eigenvalue weighted by Crippen LogP contribution is -2.30. The lowest BCUT2D eigenvalue weighted by Gasteiger charge is -2.17. The molecule has 0 unspecified atom stereocenters. The van der Waals surface area contributed by atoms with Crippen LogP contribution in [0.2, 0.25) is 0 Å². The monoisotopic (exact) mass is 491 g/mol. The number of para-hydroxylation sites is 2. The molecule has 3 aromatic rings. The minimum atomic E-state index is -0.469. The Kier molecular flexibility index (Phi) is 6.93. The van der Waals surface area contributed by atoms with Crippen LogP contribution >= 0.6 is 12.2 Å². The van der Waals surface area contributed by atoms with Gasteiger partial charge in [0.1, 0.15) is 29.6 Å². The van der Waals surface area contributed by atoms with Gasteiger partial charge in [-0.2, -0.15) is 0 Å². The van der Waals surface area contributed by atoms with E-state index in [1.165, 1.54) is 36.3 Å². The molecule has 10 heteroatoms. The molecule has 3 aromatic carbocycles. The van der Waals surface area contributed by atoms with E-state index in [-0.39, 0.29) is 23.3 Å². The summed E-state index contributed by atoms with van der Waals surface area (Å²) in [6.45, 7) is 0.158. The summed E-state index contributed by atoms with van der Waals surface area (Å²) in [5.41, 5.74) is 2.31. The fourth-order valence-corrected chi connectivity index (χ4v) is 3.85. The third-order valence-electron chi connectivity index (χ3n) is 5.26. The molecule has 1 N–H and O–H groups in total. The molecule has 1 aliphatic heterocycles. The van der Waals surface area contributed by atoms with Crippen molar-refractivity contribution in [1.82, 2.24) is 5.32 Å². The molecular weight excluding hydrogens is 470 g/mol. The van der Waals surface area contributed by atoms with Crippen LogP contribution in [0.3, 0.4) is 0 Å². The Morgan fingerprint density at radius 3 is 2.43 bits per heavy atom. The predicted octanol–water partition coefficient (Wildman–Crippen LogP) is 4.45. The average molecular weight is 492 g/mol. The zero-order valence-corrected chi connectivity index (χ0v) is 19.7. The van der Waals surface area contributed by atoms with E-state index in [2.05, 4.69) is 5.32 Å². The lowest BCUT2D eigenvalue weighted by molar-refractivity contribution is -0.384. The SMILES string of the molecule is COc1ccc(/C=C2/NC(=S)N(c3ccccc3OC)C2=O)cc1COc1ccc([N+](=O)[O-])cc1. The predicted molar refractivity (Wildman–Crippen MR) is 135 cm³/mol. The molecule has 35 heavy (non-hydrogen) atoms. The van der Waals surface area contributed by atoms with Crippen LogP contribution in [0.4, 0.5) is 11.4 Å². The molecule has 1 aliphatic rings. The first-order valence-electron chi connectivity index (χ1n) is 10.5. The minimum Gasteiger partial charge on any atom is -0.496 e. The van der Waals surface area contributed by atoms with Gasteiger partial charge >= 0.3 is 0 Å². The van der Waals surface area contributed by atoms with Gasteiger partial charge in [-0.1, -0.05) is 18.2 Å². The van der Waals surface area contributed by atoms with Crippen LogP contribution in [0.15, 0.2) is 72.4 Å². The largest absolute Gasteiger partial charge is 0.496 e. The minimum absolute atomic E-state index is 0.0163. The Bertz CT molecular complexity index is 1320. The summed E-state index contributed by atoms with van der Waals surface area (Å²) in [6, 6.07) is 18.4. The smallest absolute Gasteiger partial charge is 0.281 e. The molecule has 1 heterocycles. The van der Waals surface area contributed by atoms with E-state index in [9.17, 15) is 14.9 Å². The number of hydrogen-bond acceptors (Lipinski definition) is 7. The fraction of sp³-hybridized carbons (Fsp3) is 0.120. The number of rotatable bonds is 8. The van der Waals surface area contributed by atoms with Gasteiger partial charge in [0.2, 0.25) is 0 Å². The first-order chi connectivity index (χ1) is 16.9. The maximum atomic E-state index is 13.1. The van der Waals surface area contributed by atoms with Gasteiger partial charge in [0.15, 0.2) is 5.11 Å². The van der Waals surface area contributed by atoms with Gasteiger partial charge in [-0.3, -0.25) is 14.9 Å². The van der Waals surface area contributed by atoms with Crippen LogP contribution in [-0.4, -0.2) is 30.2 Å². The maximum absolute atomic E-state index is 13.1. The standard InChI is InChI=1S/C25H21N3O6S/c1-32-22-12-7-16(13-17(22)15-34-19-10-8-18(9-11-19)28(30)31)14-20-24(29)27(25(35)26-20)21-5-3-4-6-23(21)33-2/h3-14H,15H2,1-2H3,(H,26,35)/b20-14+. The Balaban J connectivity index is 1.56. The number of thiocarbonyl (C=S) groups is 1. The van der Waals surface area contributed by atoms with Crippen molar-refractivity contribution in [3.05, 3.63) is 93.7 Å². The van der Waals surface area contributed by atoms with Gasteiger partial charge in [0.25, 0.3) is 11.6 Å². The van der Waals surface area contributed by atoms with E-state index >= 15 is 0 Å². The summed E-state index contributed by atoms with van der Waals surface area (Å²) >= 11 is 5.40. The fourth-order valence-electron chi connectivity index (χ4n) is 3.56. The van der Waals surface area contributed by atoms with Crippen molar-refractivity contribution in [2.75, 3.05) is 19.1 Å². The number of carbonyl (C=O) groups is 1. The van der Waals surface area contributed by atoms with Gasteiger partial charge < -0.3 is 19.5 Å². The average Bonchev–Trinajstić information content (AvgIpc) is 3.15. The van der Waals surface area contributed by atoms with E-state index in [1.807, 2.05) is 18.2 Å². The van der Waals surface area contributed by atoms with Crippen LogP contribution in [0, 0.1) is 10.1 Å². The first-order valence-corrected chi connectivity index (χ1v) is 10.9. The van der Waals surface area contributed by atoms with Crippen molar-refractivity contribution in [3.63, 3.8) is 0 Å². The Morgan fingerprint density at radius 1 is 1.03 bits per heavy atom. The zero-order chi connectivity index (χ0) is 24.9. The number of benzene rings is 3. The highest BCUT2D eigenvalue weighted by molar-refractivity contribution is 7.80. The quantitative estimate of drug-likeness (QED) is 0.213. The van der Waals surface area contributed by atoms with Crippen LogP contribution in [0.5, 0.6) is 17.2 Å². The Morgan fingerprint density at radius 2 is 1.74 bits per heavy atom. The van der Waals surface area contributed by atoms with E-state index in [1.54, 1.807) is 37.5 Å². The van der Waals surface area contributed by atoms with Gasteiger partial charge in [-0.25, -0.2) is 4.90 Å². The van der Waals surface area contributed by atoms with Crippen LogP contribution in [0.25, 0.3) is 6.08 Å². The highest BCUT2D eigenvalue weighted by Gasteiger charge is 2.33. The van der Waals surface area contributed by atoms with Gasteiger partial charge in [0.05, 0.1) is 24.8 Å². The van der Waals surface area contributed by atoms with Crippen molar-refractivity contribution >= 4 is 40.7 Å². The summed E-state index contributed by atoms with van der Waals surface area (Å²) in [6.07, 6.45) is 1.69. The molecule has 0 bridgehead atoms. The number of methoxy groups -OCH3 is 2. The van der Waals surface area contributed by atoms with Gasteiger partial charge in [-0.05, 0) is 60.3 Å². The van der Waals surface area contributed by atoms with E-state index in [0.717, 1.165) is 11.1 Å². The first kappa shape index (κ1) is 23.7. The topological polar surface area (TPSA) is 103 Å². The summed E-state index contributed by atoms with van der Waals surface area (Å²) in [7, 11) is 3.08. The molecule has 0 spiro atoms. The van der Waals surface area contributed by atoms with Crippen LogP contribution < -0.4 is 24.4 Å². The number of nitrogens with one attached hydrogen (secondary N) is 1. The number of nitro benzene ring substituents is 1. The Hall–Kier alpha value is -4.44. The van der Waals surface area contributed by atoms with Crippen molar-refractivity contribution in [2.24, 2.45) is 0 Å². The van der Waals surface area contributed by atoms with Crippen LogP contribution in [0.1, 0.15) is 11.1 Å². The maximum Gasteiger partial charge on any atom is 0.281 e. The second kappa shape index (κ2) is 10.2. The number of nitrogens with zero attached hydrogens (tertiary/aromatic N) is 2. The summed E-state index contributed by atoms with van der Waals surface area (Å²) in [4.78, 5) is 24.9. The zero-order valence-electron chi connectivity index (χ0n) is 18.9. The highest BCUT2D eigenvalue weighted by Crippen LogP contribution is 2.32. The molecule has 9 nitrogen and oxygen atoms in total. The van der Waals surface area contributed by atoms with E-state index < -0.39 is 4.92 Å². The molecule has 1 amide bonds. The molecule has 0 atom stereocenters. The number of ether oxygens (including phenoxy) is 3. The number of nitro groups is 1. The van der Waals surface area contributed by atoms with Crippen molar-refractivity contribution in [1.29, 1.82) is 0 Å². The molecule has 0 aromatic heterocycles. The number of non-ortho nitro benzene ring substituents is 1. The number of anilines is 1. The third-order valence-corrected chi connectivity index (χ3v) is 5.55. The van der Waals surface area contributed by atoms with Crippen molar-refractivity contribution in [2.45, 2.75) is 6.61 Å². The number of hydrogen-bond donors (Lipinski definition) is 1. The summed E-state index contributed by atoms with van der Waals surface area (Å²) in [5, 5.41) is 14.0. The van der Waals surface area contributed by atoms with Gasteiger partial charge in [-0.15, -0.1) is 0 Å². The molecule has 4 rings (SSSR count). The normalized spacial score (nSPS) is 14.1. The van der Waals surface area contributed by atoms with Crippen molar-refractivity contribution < 1.29 is 23.9 Å². The summed E-state index contributed by atoms with van der Waals surface area (Å²) in [5.74, 6) is 1.30. The highest BCUT2D eigenvalue weighted by atomic mass is 32.1. The van der Waals surface area contributed by atoms with Crippen LogP contribution in [-0.2, 0) is 11.4 Å². The third kappa shape index (κ3) is 5.07. The van der Waals surface area contributed by atoms with Crippen molar-refractivity contribution in [3.8, 4) is 17.2 Å². The molecule has 0 radical (unpaired) electrons. The van der Waals surface area contributed by atoms with E-state index in [0.29, 0.717) is 28.6 Å². The Labute approximate surface area is 206 Å². The molecule has 1 saturated heterocycles. The molecule has 1 fully saturated rings. The number of carbonyl (C=O) groups excluding carboxylic acids is 1. The second-order valence-electron chi connectivity index (χ2n) is 7.41. The molecule has 0 saturated carbocycles. The molecule has 0 aliphatic carbocycles. The summed E-state index contributed by atoms with van der Waals surface area (Å²) < 4.78 is 16.6.